The molecule has 0 spiro atoms. The molecule has 2 aliphatic carbocycles. The van der Waals surface area contributed by atoms with Crippen molar-refractivity contribution < 1.29 is 4.79 Å². The molecule has 1 aromatic rings. The summed E-state index contributed by atoms with van der Waals surface area (Å²) in [6.07, 6.45) is 7.85. The second kappa shape index (κ2) is 4.75. The molecule has 1 aromatic carbocycles. The van der Waals surface area contributed by atoms with Gasteiger partial charge in [0.25, 0.3) is 0 Å². The molecule has 1 N–H and O–H groups in total. The molecular formula is C16H21NO. The first-order chi connectivity index (χ1) is 8.70. The monoisotopic (exact) mass is 243 g/mol. The van der Waals surface area contributed by atoms with Crippen LogP contribution in [0, 0.1) is 11.8 Å². The Labute approximate surface area is 109 Å². The number of hydrogen-bond acceptors (Lipinski definition) is 1. The lowest BCUT2D eigenvalue weighted by Gasteiger charge is -2.12. The van der Waals surface area contributed by atoms with Gasteiger partial charge in [-0.15, -0.1) is 0 Å². The highest BCUT2D eigenvalue weighted by atomic mass is 16.1. The number of carbonyl (C=O) groups excluding carboxylic acids is 1. The van der Waals surface area contributed by atoms with Crippen LogP contribution in [0.15, 0.2) is 18.2 Å². The van der Waals surface area contributed by atoms with Gasteiger partial charge in [-0.3, -0.25) is 4.79 Å². The zero-order valence-corrected chi connectivity index (χ0v) is 11.0. The molecule has 0 saturated heterocycles. The molecule has 2 nitrogen and oxygen atoms in total. The maximum Gasteiger partial charge on any atom is 0.221 e. The number of amides is 1. The third-order valence-corrected chi connectivity index (χ3v) is 3.91. The lowest BCUT2D eigenvalue weighted by atomic mass is 10.00. The third kappa shape index (κ3) is 3.12. The molecule has 18 heavy (non-hydrogen) atoms. The van der Waals surface area contributed by atoms with Crippen molar-refractivity contribution >= 4 is 11.6 Å². The minimum absolute atomic E-state index is 0.0296. The third-order valence-electron chi connectivity index (χ3n) is 3.91. The Morgan fingerprint density at radius 3 is 2.44 bits per heavy atom. The van der Waals surface area contributed by atoms with Gasteiger partial charge in [-0.25, -0.2) is 0 Å². The normalized spacial score (nSPS) is 18.7. The standard InChI is InChI=1S/C16H21NO/c1-11(18)17-16-7-6-14(8-12-2-3-12)10-15(16)9-13-4-5-13/h6-7,10,12-13H,2-5,8-9H2,1H3,(H,17,18). The molecule has 0 atom stereocenters. The van der Waals surface area contributed by atoms with E-state index in [4.69, 9.17) is 0 Å². The van der Waals surface area contributed by atoms with Crippen LogP contribution in [-0.4, -0.2) is 5.91 Å². The molecule has 2 heteroatoms. The fraction of sp³-hybridized carbons (Fsp3) is 0.562. The predicted octanol–water partition coefficient (Wildman–Crippen LogP) is 3.55. The summed E-state index contributed by atoms with van der Waals surface area (Å²) in [6, 6.07) is 6.60. The van der Waals surface area contributed by atoms with Crippen molar-refractivity contribution in [2.24, 2.45) is 11.8 Å². The molecule has 1 amide bonds. The summed E-state index contributed by atoms with van der Waals surface area (Å²) in [7, 11) is 0. The second-order valence-electron chi connectivity index (χ2n) is 5.97. The Bertz CT molecular complexity index is 458. The minimum atomic E-state index is 0.0296. The van der Waals surface area contributed by atoms with Gasteiger partial charge in [0.2, 0.25) is 5.91 Å². The van der Waals surface area contributed by atoms with E-state index in [1.807, 2.05) is 0 Å². The zero-order valence-electron chi connectivity index (χ0n) is 11.0. The van der Waals surface area contributed by atoms with Crippen LogP contribution in [-0.2, 0) is 17.6 Å². The van der Waals surface area contributed by atoms with Crippen LogP contribution in [0.1, 0.15) is 43.7 Å². The maximum atomic E-state index is 11.2. The van der Waals surface area contributed by atoms with E-state index in [2.05, 4.69) is 23.5 Å². The number of nitrogens with one attached hydrogen (secondary N) is 1. The number of anilines is 1. The summed E-state index contributed by atoms with van der Waals surface area (Å²) in [6.45, 7) is 1.58. The minimum Gasteiger partial charge on any atom is -0.326 e. The summed E-state index contributed by atoms with van der Waals surface area (Å²) >= 11 is 0. The Morgan fingerprint density at radius 1 is 1.17 bits per heavy atom. The molecular weight excluding hydrogens is 222 g/mol. The van der Waals surface area contributed by atoms with Crippen molar-refractivity contribution in [1.82, 2.24) is 0 Å². The van der Waals surface area contributed by atoms with E-state index in [1.54, 1.807) is 6.92 Å². The van der Waals surface area contributed by atoms with Gasteiger partial charge in [0.15, 0.2) is 0 Å². The topological polar surface area (TPSA) is 29.1 Å². The Kier molecular flexibility index (Phi) is 3.11. The van der Waals surface area contributed by atoms with Gasteiger partial charge in [-0.2, -0.15) is 0 Å². The van der Waals surface area contributed by atoms with Crippen molar-refractivity contribution in [3.63, 3.8) is 0 Å². The average molecular weight is 243 g/mol. The van der Waals surface area contributed by atoms with Gasteiger partial charge in [0.05, 0.1) is 0 Å². The zero-order chi connectivity index (χ0) is 12.5. The molecule has 3 rings (SSSR count). The highest BCUT2D eigenvalue weighted by Gasteiger charge is 2.24. The van der Waals surface area contributed by atoms with E-state index in [0.717, 1.165) is 23.9 Å². The van der Waals surface area contributed by atoms with Crippen LogP contribution in [0.4, 0.5) is 5.69 Å². The first-order valence-corrected chi connectivity index (χ1v) is 7.10. The van der Waals surface area contributed by atoms with Crippen LogP contribution in [0.5, 0.6) is 0 Å². The summed E-state index contributed by atoms with van der Waals surface area (Å²) in [5.41, 5.74) is 3.81. The molecule has 0 radical (unpaired) electrons. The van der Waals surface area contributed by atoms with Gasteiger partial charge in [-0.1, -0.05) is 12.1 Å². The van der Waals surface area contributed by atoms with Crippen molar-refractivity contribution in [1.29, 1.82) is 0 Å². The molecule has 0 aliphatic heterocycles. The molecule has 2 aliphatic rings. The first kappa shape index (κ1) is 11.8. The van der Waals surface area contributed by atoms with Crippen LogP contribution in [0.2, 0.25) is 0 Å². The molecule has 2 saturated carbocycles. The van der Waals surface area contributed by atoms with Crippen molar-refractivity contribution in [2.75, 3.05) is 5.32 Å². The van der Waals surface area contributed by atoms with E-state index in [0.29, 0.717) is 0 Å². The van der Waals surface area contributed by atoms with E-state index in [9.17, 15) is 4.79 Å². The van der Waals surface area contributed by atoms with E-state index in [-0.39, 0.29) is 5.91 Å². The largest absolute Gasteiger partial charge is 0.326 e. The van der Waals surface area contributed by atoms with Crippen LogP contribution in [0.25, 0.3) is 0 Å². The second-order valence-corrected chi connectivity index (χ2v) is 5.97. The fourth-order valence-corrected chi connectivity index (χ4v) is 2.54. The molecule has 0 heterocycles. The quantitative estimate of drug-likeness (QED) is 0.842. The van der Waals surface area contributed by atoms with Crippen LogP contribution in [0.3, 0.4) is 0 Å². The van der Waals surface area contributed by atoms with Crippen molar-refractivity contribution in [2.45, 2.75) is 45.4 Å². The lowest BCUT2D eigenvalue weighted by Crippen LogP contribution is -2.09. The average Bonchev–Trinajstić information content (AvgIpc) is 3.16. The van der Waals surface area contributed by atoms with Crippen molar-refractivity contribution in [3.05, 3.63) is 29.3 Å². The highest BCUT2D eigenvalue weighted by Crippen LogP contribution is 2.37. The van der Waals surface area contributed by atoms with E-state index >= 15 is 0 Å². The molecule has 0 bridgehead atoms. The number of carbonyl (C=O) groups is 1. The Balaban J connectivity index is 1.79. The fourth-order valence-electron chi connectivity index (χ4n) is 2.54. The Morgan fingerprint density at radius 2 is 1.83 bits per heavy atom. The van der Waals surface area contributed by atoms with E-state index in [1.165, 1.54) is 43.2 Å². The van der Waals surface area contributed by atoms with E-state index < -0.39 is 0 Å². The Hall–Kier alpha value is -1.31. The molecule has 96 valence electrons. The van der Waals surface area contributed by atoms with Gasteiger partial charge >= 0.3 is 0 Å². The van der Waals surface area contributed by atoms with Crippen LogP contribution < -0.4 is 5.32 Å². The van der Waals surface area contributed by atoms with Crippen molar-refractivity contribution in [3.8, 4) is 0 Å². The molecule has 0 unspecified atom stereocenters. The maximum absolute atomic E-state index is 11.2. The van der Waals surface area contributed by atoms with Gasteiger partial charge in [0.1, 0.15) is 0 Å². The smallest absolute Gasteiger partial charge is 0.221 e. The summed E-state index contributed by atoms with van der Waals surface area (Å²) in [5, 5.41) is 2.96. The first-order valence-electron chi connectivity index (χ1n) is 7.10. The summed E-state index contributed by atoms with van der Waals surface area (Å²) in [4.78, 5) is 11.2. The number of hydrogen-bond donors (Lipinski definition) is 1. The lowest BCUT2D eigenvalue weighted by molar-refractivity contribution is -0.114. The number of benzene rings is 1. The highest BCUT2D eigenvalue weighted by molar-refractivity contribution is 5.89. The van der Waals surface area contributed by atoms with Gasteiger partial charge in [-0.05, 0) is 67.6 Å². The SMILES string of the molecule is CC(=O)Nc1ccc(CC2CC2)cc1CC1CC1. The summed E-state index contributed by atoms with van der Waals surface area (Å²) < 4.78 is 0. The van der Waals surface area contributed by atoms with Crippen LogP contribution >= 0.6 is 0 Å². The molecule has 2 fully saturated rings. The molecule has 0 aromatic heterocycles. The number of rotatable bonds is 5. The van der Waals surface area contributed by atoms with Gasteiger partial charge in [0, 0.05) is 12.6 Å². The predicted molar refractivity (Wildman–Crippen MR) is 73.6 cm³/mol. The summed E-state index contributed by atoms with van der Waals surface area (Å²) in [5.74, 6) is 1.81. The van der Waals surface area contributed by atoms with Gasteiger partial charge < -0.3 is 5.32 Å².